The molecular formula is C24H19N3O4. The number of nitrogens with zero attached hydrogens (tertiary/aromatic N) is 1. The Labute approximate surface area is 177 Å². The lowest BCUT2D eigenvalue weighted by molar-refractivity contribution is 0.158. The molecule has 154 valence electrons. The molecule has 1 heterocycles. The summed E-state index contributed by atoms with van der Waals surface area (Å²) in [5, 5.41) is 2.89. The summed E-state index contributed by atoms with van der Waals surface area (Å²) in [5.41, 5.74) is 4.54. The molecule has 4 aromatic rings. The lowest BCUT2D eigenvalue weighted by Gasteiger charge is -2.14. The first-order valence-corrected chi connectivity index (χ1v) is 9.84. The number of methoxy groups -OCH3 is 1. The molecule has 1 aliphatic rings. The van der Waals surface area contributed by atoms with E-state index in [1.54, 1.807) is 18.2 Å². The van der Waals surface area contributed by atoms with Crippen molar-refractivity contribution in [2.75, 3.05) is 19.0 Å². The van der Waals surface area contributed by atoms with E-state index >= 15 is 0 Å². The van der Waals surface area contributed by atoms with Crippen LogP contribution in [-0.4, -0.2) is 29.8 Å². The fourth-order valence-electron chi connectivity index (χ4n) is 4.09. The van der Waals surface area contributed by atoms with Gasteiger partial charge in [0.15, 0.2) is 0 Å². The third-order valence-electron chi connectivity index (χ3n) is 5.48. The lowest BCUT2D eigenvalue weighted by atomic mass is 9.98. The number of aromatic amines is 1. The van der Waals surface area contributed by atoms with Crippen molar-refractivity contribution in [1.29, 1.82) is 0 Å². The van der Waals surface area contributed by atoms with E-state index in [0.29, 0.717) is 16.7 Å². The van der Waals surface area contributed by atoms with Crippen molar-refractivity contribution >= 4 is 22.9 Å². The molecule has 1 aromatic heterocycles. The van der Waals surface area contributed by atoms with Crippen LogP contribution in [0.1, 0.15) is 17.0 Å². The highest BCUT2D eigenvalue weighted by Crippen LogP contribution is 2.44. The van der Waals surface area contributed by atoms with Crippen molar-refractivity contribution in [3.63, 3.8) is 0 Å². The van der Waals surface area contributed by atoms with Crippen LogP contribution < -0.4 is 15.6 Å². The van der Waals surface area contributed by atoms with E-state index in [4.69, 9.17) is 9.47 Å². The molecular weight excluding hydrogens is 394 g/mol. The number of carbonyl (C=O) groups is 1. The fourth-order valence-corrected chi connectivity index (χ4v) is 4.09. The second-order valence-electron chi connectivity index (χ2n) is 7.22. The van der Waals surface area contributed by atoms with E-state index < -0.39 is 6.09 Å². The molecule has 5 rings (SSSR count). The number of hydrogen-bond acceptors (Lipinski definition) is 5. The van der Waals surface area contributed by atoms with Gasteiger partial charge in [0.2, 0.25) is 5.95 Å². The van der Waals surface area contributed by atoms with E-state index in [2.05, 4.69) is 39.6 Å². The van der Waals surface area contributed by atoms with Gasteiger partial charge < -0.3 is 9.47 Å². The molecule has 0 fully saturated rings. The third kappa shape index (κ3) is 3.30. The molecule has 0 bridgehead atoms. The molecule has 3 aromatic carbocycles. The minimum atomic E-state index is -0.695. The van der Waals surface area contributed by atoms with E-state index in [9.17, 15) is 9.59 Å². The maximum atomic E-state index is 12.5. The zero-order chi connectivity index (χ0) is 21.4. The number of H-pyrrole nitrogens is 1. The largest absolute Gasteiger partial charge is 0.494 e. The summed E-state index contributed by atoms with van der Waals surface area (Å²) in [6.07, 6.45) is -0.695. The van der Waals surface area contributed by atoms with E-state index in [-0.39, 0.29) is 24.0 Å². The van der Waals surface area contributed by atoms with Gasteiger partial charge in [0.25, 0.3) is 5.56 Å². The first kappa shape index (κ1) is 18.9. The molecule has 31 heavy (non-hydrogen) atoms. The normalized spacial score (nSPS) is 12.3. The van der Waals surface area contributed by atoms with Crippen LogP contribution in [0.25, 0.3) is 22.0 Å². The van der Waals surface area contributed by atoms with Crippen LogP contribution in [0, 0.1) is 0 Å². The Hall–Kier alpha value is -4.13. The first-order valence-electron chi connectivity index (χ1n) is 9.84. The smallest absolute Gasteiger partial charge is 0.414 e. The summed E-state index contributed by atoms with van der Waals surface area (Å²) in [4.78, 5) is 31.7. The summed E-state index contributed by atoms with van der Waals surface area (Å²) in [7, 11) is 1.50. The average Bonchev–Trinajstić information content (AvgIpc) is 3.11. The highest BCUT2D eigenvalue weighted by molar-refractivity contribution is 5.88. The predicted molar refractivity (Wildman–Crippen MR) is 118 cm³/mol. The molecule has 0 aliphatic heterocycles. The van der Waals surface area contributed by atoms with Gasteiger partial charge in [0, 0.05) is 5.92 Å². The van der Waals surface area contributed by atoms with E-state index in [0.717, 1.165) is 22.3 Å². The number of hydrogen-bond donors (Lipinski definition) is 2. The van der Waals surface area contributed by atoms with Crippen LogP contribution in [0.15, 0.2) is 71.5 Å². The zero-order valence-electron chi connectivity index (χ0n) is 16.7. The number of benzene rings is 3. The number of rotatable bonds is 4. The molecule has 1 amide bonds. The summed E-state index contributed by atoms with van der Waals surface area (Å²) < 4.78 is 10.8. The molecule has 1 aliphatic carbocycles. The standard InChI is InChI=1S/C24H19N3O4/c1-30-20-12-6-11-18-21(20)25-23(26-22(18)28)27-24(29)31-13-19-16-9-4-2-7-14(16)15-8-3-5-10-17(15)19/h2-12,19H,13H2,1H3,(H2,25,26,27,28,29). The monoisotopic (exact) mass is 413 g/mol. The Bertz CT molecular complexity index is 1320. The Morgan fingerprint density at radius 2 is 1.68 bits per heavy atom. The van der Waals surface area contributed by atoms with Gasteiger partial charge in [-0.2, -0.15) is 0 Å². The lowest BCUT2D eigenvalue weighted by Crippen LogP contribution is -2.21. The number of fused-ring (bicyclic) bond motifs is 4. The number of nitrogens with one attached hydrogen (secondary N) is 2. The minimum absolute atomic E-state index is 0.000720. The van der Waals surface area contributed by atoms with Gasteiger partial charge in [0.1, 0.15) is 17.9 Å². The number of ether oxygens (including phenoxy) is 2. The van der Waals surface area contributed by atoms with Crippen LogP contribution >= 0.6 is 0 Å². The molecule has 0 saturated heterocycles. The van der Waals surface area contributed by atoms with E-state index in [1.165, 1.54) is 7.11 Å². The van der Waals surface area contributed by atoms with E-state index in [1.807, 2.05) is 24.3 Å². The molecule has 7 heteroatoms. The van der Waals surface area contributed by atoms with Gasteiger partial charge in [-0.05, 0) is 34.4 Å². The van der Waals surface area contributed by atoms with Gasteiger partial charge in [-0.1, -0.05) is 54.6 Å². The topological polar surface area (TPSA) is 93.3 Å². The molecule has 0 radical (unpaired) electrons. The number of para-hydroxylation sites is 1. The summed E-state index contributed by atoms with van der Waals surface area (Å²) >= 11 is 0. The van der Waals surface area contributed by atoms with Crippen LogP contribution in [0.4, 0.5) is 10.7 Å². The maximum absolute atomic E-state index is 12.5. The molecule has 2 N–H and O–H groups in total. The number of amides is 1. The van der Waals surface area contributed by atoms with Gasteiger partial charge in [-0.15, -0.1) is 0 Å². The van der Waals surface area contributed by atoms with Crippen molar-refractivity contribution < 1.29 is 14.3 Å². The van der Waals surface area contributed by atoms with Crippen LogP contribution in [0.5, 0.6) is 5.75 Å². The number of aromatic nitrogens is 2. The second-order valence-corrected chi connectivity index (χ2v) is 7.22. The highest BCUT2D eigenvalue weighted by atomic mass is 16.5. The summed E-state index contributed by atoms with van der Waals surface area (Å²) in [5.74, 6) is 0.389. The average molecular weight is 413 g/mol. The molecule has 0 unspecified atom stereocenters. The Kier molecular flexibility index (Phi) is 4.63. The number of carbonyl (C=O) groups excluding carboxylic acids is 1. The Balaban J connectivity index is 1.36. The van der Waals surface area contributed by atoms with Crippen LogP contribution in [0.2, 0.25) is 0 Å². The van der Waals surface area contributed by atoms with Gasteiger partial charge in [0.05, 0.1) is 12.5 Å². The maximum Gasteiger partial charge on any atom is 0.414 e. The molecule has 7 nitrogen and oxygen atoms in total. The van der Waals surface area contributed by atoms with Crippen LogP contribution in [-0.2, 0) is 4.74 Å². The van der Waals surface area contributed by atoms with Crippen molar-refractivity contribution in [3.05, 3.63) is 88.2 Å². The predicted octanol–water partition coefficient (Wildman–Crippen LogP) is 4.29. The minimum Gasteiger partial charge on any atom is -0.494 e. The van der Waals surface area contributed by atoms with Crippen molar-refractivity contribution in [1.82, 2.24) is 9.97 Å². The van der Waals surface area contributed by atoms with Gasteiger partial charge in [-0.25, -0.2) is 9.78 Å². The first-order chi connectivity index (χ1) is 15.2. The summed E-state index contributed by atoms with van der Waals surface area (Å²) in [6.45, 7) is 0.168. The van der Waals surface area contributed by atoms with Gasteiger partial charge >= 0.3 is 6.09 Å². The molecule has 0 saturated carbocycles. The van der Waals surface area contributed by atoms with Crippen molar-refractivity contribution in [2.45, 2.75) is 5.92 Å². The zero-order valence-corrected chi connectivity index (χ0v) is 16.7. The Morgan fingerprint density at radius 1 is 1.00 bits per heavy atom. The van der Waals surface area contributed by atoms with Crippen molar-refractivity contribution in [3.8, 4) is 16.9 Å². The quantitative estimate of drug-likeness (QED) is 0.521. The van der Waals surface area contributed by atoms with Crippen molar-refractivity contribution in [2.24, 2.45) is 0 Å². The summed E-state index contributed by atoms with van der Waals surface area (Å²) in [6, 6.07) is 21.3. The number of anilines is 1. The SMILES string of the molecule is COc1cccc2c(=O)[nH]c(NC(=O)OCC3c4ccccc4-c4ccccc43)nc12. The second kappa shape index (κ2) is 7.60. The van der Waals surface area contributed by atoms with Crippen LogP contribution in [0.3, 0.4) is 0 Å². The van der Waals surface area contributed by atoms with Gasteiger partial charge in [-0.3, -0.25) is 15.1 Å². The Morgan fingerprint density at radius 3 is 2.35 bits per heavy atom. The highest BCUT2D eigenvalue weighted by Gasteiger charge is 2.29. The molecule has 0 atom stereocenters. The third-order valence-corrected chi connectivity index (χ3v) is 5.48. The molecule has 0 spiro atoms. The fraction of sp³-hybridized carbons (Fsp3) is 0.125.